The summed E-state index contributed by atoms with van der Waals surface area (Å²) in [4.78, 5) is 22.4. The Hall–Kier alpha value is -2.11. The molecule has 1 aromatic rings. The van der Waals surface area contributed by atoms with E-state index in [0.717, 1.165) is 0 Å². The van der Waals surface area contributed by atoms with Gasteiger partial charge in [0.2, 0.25) is 5.91 Å². The van der Waals surface area contributed by atoms with Gasteiger partial charge in [-0.2, -0.15) is 0 Å². The Bertz CT molecular complexity index is 437. The monoisotopic (exact) mass is 254 g/mol. The zero-order valence-electron chi connectivity index (χ0n) is 10.2. The van der Waals surface area contributed by atoms with Gasteiger partial charge in [-0.15, -0.1) is 0 Å². The highest BCUT2D eigenvalue weighted by atomic mass is 19.1. The first-order valence-electron chi connectivity index (χ1n) is 5.54. The van der Waals surface area contributed by atoms with Crippen LogP contribution in [0.4, 0.5) is 4.39 Å². The topological polar surface area (TPSA) is 67.4 Å². The molecule has 0 aliphatic carbocycles. The van der Waals surface area contributed by atoms with Crippen LogP contribution >= 0.6 is 0 Å². The molecule has 1 atom stereocenters. The van der Waals surface area contributed by atoms with Crippen LogP contribution in [0.3, 0.4) is 0 Å². The van der Waals surface area contributed by atoms with Crippen LogP contribution in [-0.4, -0.2) is 17.9 Å². The molecule has 0 bridgehead atoms. The van der Waals surface area contributed by atoms with Gasteiger partial charge in [-0.25, -0.2) is 4.39 Å². The first-order valence-corrected chi connectivity index (χ1v) is 5.54. The van der Waals surface area contributed by atoms with Crippen molar-refractivity contribution in [2.75, 3.05) is 0 Å². The van der Waals surface area contributed by atoms with Crippen molar-refractivity contribution in [2.24, 2.45) is 0 Å². The Labute approximate surface area is 104 Å². The number of hydrazine groups is 1. The third-order valence-electron chi connectivity index (χ3n) is 2.16. The number of rotatable bonds is 4. The van der Waals surface area contributed by atoms with Crippen LogP contribution < -0.4 is 15.6 Å². The number of halogens is 1. The highest BCUT2D eigenvalue weighted by Gasteiger charge is 2.16. The number of nitrogens with one attached hydrogen (secondary N) is 2. The summed E-state index contributed by atoms with van der Waals surface area (Å²) >= 11 is 0. The van der Waals surface area contributed by atoms with Gasteiger partial charge in [0.1, 0.15) is 0 Å². The minimum absolute atomic E-state index is 0.0121. The standard InChI is InChI=1S/C12H15FN2O3/c1-3-11(16)14-15-12(17)8(2)18-10-7-5-4-6-9(10)13/h4-8H,3H2,1-2H3,(H,14,16)(H,15,17). The molecule has 2 N–H and O–H groups in total. The Morgan fingerprint density at radius 3 is 2.61 bits per heavy atom. The summed E-state index contributed by atoms with van der Waals surface area (Å²) < 4.78 is 18.4. The molecule has 1 aromatic carbocycles. The summed E-state index contributed by atoms with van der Waals surface area (Å²) in [6, 6.07) is 5.78. The fourth-order valence-corrected chi connectivity index (χ4v) is 1.11. The van der Waals surface area contributed by atoms with Crippen LogP contribution in [0, 0.1) is 5.82 Å². The molecule has 0 fully saturated rings. The SMILES string of the molecule is CCC(=O)NNC(=O)C(C)Oc1ccccc1F. The van der Waals surface area contributed by atoms with Crippen LogP contribution in [0.2, 0.25) is 0 Å². The zero-order valence-corrected chi connectivity index (χ0v) is 10.2. The second-order valence-electron chi connectivity index (χ2n) is 3.58. The first kappa shape index (κ1) is 14.0. The molecular weight excluding hydrogens is 239 g/mol. The van der Waals surface area contributed by atoms with Gasteiger partial charge in [-0.1, -0.05) is 19.1 Å². The van der Waals surface area contributed by atoms with E-state index < -0.39 is 17.8 Å². The maximum atomic E-state index is 13.3. The number of para-hydroxylation sites is 1. The fourth-order valence-electron chi connectivity index (χ4n) is 1.11. The maximum Gasteiger partial charge on any atom is 0.279 e. The van der Waals surface area contributed by atoms with Crippen LogP contribution in [-0.2, 0) is 9.59 Å². The van der Waals surface area contributed by atoms with E-state index in [1.165, 1.54) is 25.1 Å². The summed E-state index contributed by atoms with van der Waals surface area (Å²) in [5.74, 6) is -1.43. The molecule has 1 rings (SSSR count). The van der Waals surface area contributed by atoms with Gasteiger partial charge in [0.25, 0.3) is 5.91 Å². The number of carbonyl (C=O) groups excluding carboxylic acids is 2. The average Bonchev–Trinajstić information content (AvgIpc) is 2.38. The van der Waals surface area contributed by atoms with E-state index in [-0.39, 0.29) is 18.1 Å². The largest absolute Gasteiger partial charge is 0.478 e. The predicted octanol–water partition coefficient (Wildman–Crippen LogP) is 1.15. The van der Waals surface area contributed by atoms with E-state index >= 15 is 0 Å². The van der Waals surface area contributed by atoms with Crippen LogP contribution in [0.1, 0.15) is 20.3 Å². The first-order chi connectivity index (χ1) is 8.54. The maximum absolute atomic E-state index is 13.3. The molecular formula is C12H15FN2O3. The zero-order chi connectivity index (χ0) is 13.5. The molecule has 1 unspecified atom stereocenters. The lowest BCUT2D eigenvalue weighted by Crippen LogP contribution is -2.47. The lowest BCUT2D eigenvalue weighted by molar-refractivity contribution is -0.132. The molecule has 5 nitrogen and oxygen atoms in total. The normalized spacial score (nSPS) is 11.5. The number of hydrogen-bond acceptors (Lipinski definition) is 3. The van der Waals surface area contributed by atoms with E-state index in [0.29, 0.717) is 0 Å². The molecule has 0 saturated carbocycles. The van der Waals surface area contributed by atoms with Gasteiger partial charge in [0.05, 0.1) is 0 Å². The van der Waals surface area contributed by atoms with E-state index in [4.69, 9.17) is 4.74 Å². The highest BCUT2D eigenvalue weighted by molar-refractivity contribution is 5.84. The summed E-state index contributed by atoms with van der Waals surface area (Å²) in [6.45, 7) is 3.11. The quantitative estimate of drug-likeness (QED) is 0.792. The third kappa shape index (κ3) is 4.04. The Morgan fingerprint density at radius 1 is 1.33 bits per heavy atom. The van der Waals surface area contributed by atoms with E-state index in [9.17, 15) is 14.0 Å². The van der Waals surface area contributed by atoms with Crippen molar-refractivity contribution in [1.82, 2.24) is 10.9 Å². The van der Waals surface area contributed by atoms with Crippen LogP contribution in [0.25, 0.3) is 0 Å². The molecule has 0 aliphatic rings. The molecule has 18 heavy (non-hydrogen) atoms. The summed E-state index contributed by atoms with van der Waals surface area (Å²) in [7, 11) is 0. The van der Waals surface area contributed by atoms with Gasteiger partial charge in [-0.3, -0.25) is 20.4 Å². The van der Waals surface area contributed by atoms with Crippen molar-refractivity contribution in [3.05, 3.63) is 30.1 Å². The third-order valence-corrected chi connectivity index (χ3v) is 2.16. The van der Waals surface area contributed by atoms with Crippen LogP contribution in [0.15, 0.2) is 24.3 Å². The number of benzene rings is 1. The number of hydrogen-bond donors (Lipinski definition) is 2. The van der Waals surface area contributed by atoms with Gasteiger partial charge < -0.3 is 4.74 Å². The highest BCUT2D eigenvalue weighted by Crippen LogP contribution is 2.16. The number of amides is 2. The minimum Gasteiger partial charge on any atom is -0.478 e. The molecule has 0 heterocycles. The number of carbonyl (C=O) groups is 2. The predicted molar refractivity (Wildman–Crippen MR) is 63.1 cm³/mol. The van der Waals surface area contributed by atoms with Gasteiger partial charge in [0.15, 0.2) is 17.7 Å². The van der Waals surface area contributed by atoms with Crippen molar-refractivity contribution in [3.63, 3.8) is 0 Å². The summed E-state index contributed by atoms with van der Waals surface area (Å²) in [5.41, 5.74) is 4.39. The van der Waals surface area contributed by atoms with Crippen molar-refractivity contribution in [1.29, 1.82) is 0 Å². The molecule has 0 aliphatic heterocycles. The van der Waals surface area contributed by atoms with Crippen molar-refractivity contribution in [2.45, 2.75) is 26.4 Å². The molecule has 6 heteroatoms. The van der Waals surface area contributed by atoms with E-state index in [1.54, 1.807) is 13.0 Å². The molecule has 0 radical (unpaired) electrons. The van der Waals surface area contributed by atoms with Crippen LogP contribution in [0.5, 0.6) is 5.75 Å². The van der Waals surface area contributed by atoms with Crippen molar-refractivity contribution >= 4 is 11.8 Å². The van der Waals surface area contributed by atoms with Crippen molar-refractivity contribution < 1.29 is 18.7 Å². The lowest BCUT2D eigenvalue weighted by atomic mass is 10.3. The molecule has 2 amide bonds. The van der Waals surface area contributed by atoms with Gasteiger partial charge in [-0.05, 0) is 19.1 Å². The van der Waals surface area contributed by atoms with Gasteiger partial charge >= 0.3 is 0 Å². The molecule has 0 spiro atoms. The second-order valence-corrected chi connectivity index (χ2v) is 3.58. The summed E-state index contributed by atoms with van der Waals surface area (Å²) in [5, 5.41) is 0. The molecule has 0 saturated heterocycles. The molecule has 0 aromatic heterocycles. The lowest BCUT2D eigenvalue weighted by Gasteiger charge is -2.15. The molecule has 98 valence electrons. The van der Waals surface area contributed by atoms with E-state index in [1.807, 2.05) is 0 Å². The Balaban J connectivity index is 2.50. The second kappa shape index (κ2) is 6.58. The Kier molecular flexibility index (Phi) is 5.10. The van der Waals surface area contributed by atoms with Gasteiger partial charge in [0, 0.05) is 6.42 Å². The smallest absolute Gasteiger partial charge is 0.279 e. The van der Waals surface area contributed by atoms with E-state index in [2.05, 4.69) is 10.9 Å². The minimum atomic E-state index is -0.918. The number of ether oxygens (including phenoxy) is 1. The fraction of sp³-hybridized carbons (Fsp3) is 0.333. The Morgan fingerprint density at radius 2 is 2.00 bits per heavy atom. The van der Waals surface area contributed by atoms with Crippen molar-refractivity contribution in [3.8, 4) is 5.75 Å². The summed E-state index contributed by atoms with van der Waals surface area (Å²) in [6.07, 6.45) is -0.665. The average molecular weight is 254 g/mol.